The Labute approximate surface area is 92.5 Å². The lowest BCUT2D eigenvalue weighted by Gasteiger charge is -1.99. The van der Waals surface area contributed by atoms with Crippen LogP contribution in [0.3, 0.4) is 0 Å². The lowest BCUT2D eigenvalue weighted by molar-refractivity contribution is 0.174. The topological polar surface area (TPSA) is 30.5 Å². The summed E-state index contributed by atoms with van der Waals surface area (Å²) in [6.45, 7) is 1.31. The summed E-state index contributed by atoms with van der Waals surface area (Å²) < 4.78 is 10.6. The van der Waals surface area contributed by atoms with E-state index in [9.17, 15) is 0 Å². The Balaban J connectivity index is 1.89. The molecule has 3 nitrogen and oxygen atoms in total. The van der Waals surface area contributed by atoms with Gasteiger partial charge in [0.2, 0.25) is 6.79 Å². The maximum atomic E-state index is 5.33. The third-order valence-corrected chi connectivity index (χ3v) is 3.36. The van der Waals surface area contributed by atoms with Crippen molar-refractivity contribution in [3.05, 3.63) is 28.7 Å². The van der Waals surface area contributed by atoms with Crippen LogP contribution in [0.15, 0.2) is 23.1 Å². The van der Waals surface area contributed by atoms with Gasteiger partial charge in [-0.05, 0) is 23.8 Å². The number of hydrogen-bond acceptors (Lipinski definition) is 4. The van der Waals surface area contributed by atoms with Crippen molar-refractivity contribution in [2.45, 2.75) is 0 Å². The van der Waals surface area contributed by atoms with Crippen molar-refractivity contribution in [1.82, 2.24) is 5.32 Å². The Kier molecular flexibility index (Phi) is 2.31. The summed E-state index contributed by atoms with van der Waals surface area (Å²) in [5.41, 5.74) is 1.17. The van der Waals surface area contributed by atoms with Crippen molar-refractivity contribution >= 4 is 17.8 Å². The zero-order valence-corrected chi connectivity index (χ0v) is 8.97. The van der Waals surface area contributed by atoms with E-state index in [1.807, 2.05) is 23.9 Å². The fraction of sp³-hybridized carbons (Fsp3) is 0.273. The van der Waals surface area contributed by atoms with Crippen molar-refractivity contribution in [1.29, 1.82) is 0 Å². The van der Waals surface area contributed by atoms with E-state index in [1.165, 1.54) is 10.5 Å². The molecule has 4 heteroatoms. The predicted molar refractivity (Wildman–Crippen MR) is 61.0 cm³/mol. The van der Waals surface area contributed by atoms with Gasteiger partial charge in [0.25, 0.3) is 0 Å². The molecule has 2 heterocycles. The van der Waals surface area contributed by atoms with Gasteiger partial charge < -0.3 is 14.8 Å². The van der Waals surface area contributed by atoms with E-state index in [0.717, 1.165) is 23.9 Å². The molecule has 0 aromatic heterocycles. The molecule has 2 aliphatic heterocycles. The van der Waals surface area contributed by atoms with Gasteiger partial charge in [-0.2, -0.15) is 0 Å². The van der Waals surface area contributed by atoms with Crippen LogP contribution in [0.25, 0.3) is 6.08 Å². The first-order chi connectivity index (χ1) is 7.42. The minimum absolute atomic E-state index is 0.339. The second kappa shape index (κ2) is 3.79. The van der Waals surface area contributed by atoms with Crippen LogP contribution in [0.1, 0.15) is 5.56 Å². The minimum Gasteiger partial charge on any atom is -0.454 e. The molecule has 1 saturated heterocycles. The highest BCUT2D eigenvalue weighted by molar-refractivity contribution is 8.03. The summed E-state index contributed by atoms with van der Waals surface area (Å²) in [6, 6.07) is 6.04. The number of thioether (sulfide) groups is 1. The molecular formula is C11H11NO2S. The number of fused-ring (bicyclic) bond motifs is 1. The number of nitrogens with one attached hydrogen (secondary N) is 1. The molecule has 1 aromatic rings. The molecule has 1 N–H and O–H groups in total. The van der Waals surface area contributed by atoms with Crippen molar-refractivity contribution < 1.29 is 9.47 Å². The fourth-order valence-corrected chi connectivity index (χ4v) is 2.46. The zero-order chi connectivity index (χ0) is 10.1. The second-order valence-electron chi connectivity index (χ2n) is 3.44. The minimum atomic E-state index is 0.339. The lowest BCUT2D eigenvalue weighted by atomic mass is 10.2. The van der Waals surface area contributed by atoms with Crippen LogP contribution in [0.4, 0.5) is 0 Å². The average molecular weight is 221 g/mol. The standard InChI is InChI=1S/C11H11NO2S/c1-2-10-11(14-7-13-10)4-8(1)3-9-5-12-6-15-9/h1-4,12H,5-7H2. The predicted octanol–water partition coefficient (Wildman–Crippen LogP) is 2.05. The van der Waals surface area contributed by atoms with Gasteiger partial charge in [0, 0.05) is 17.3 Å². The van der Waals surface area contributed by atoms with Crippen LogP contribution in [0.5, 0.6) is 11.5 Å². The highest BCUT2D eigenvalue weighted by atomic mass is 32.2. The Morgan fingerprint density at radius 1 is 1.27 bits per heavy atom. The molecule has 0 radical (unpaired) electrons. The zero-order valence-electron chi connectivity index (χ0n) is 8.16. The van der Waals surface area contributed by atoms with Crippen LogP contribution in [0.2, 0.25) is 0 Å². The fourth-order valence-electron chi connectivity index (χ4n) is 1.65. The van der Waals surface area contributed by atoms with Crippen LogP contribution in [-0.2, 0) is 0 Å². The van der Waals surface area contributed by atoms with Gasteiger partial charge in [0.15, 0.2) is 11.5 Å². The van der Waals surface area contributed by atoms with Gasteiger partial charge in [0.05, 0.1) is 0 Å². The molecule has 0 saturated carbocycles. The first-order valence-electron chi connectivity index (χ1n) is 4.85. The molecule has 1 aromatic carbocycles. The van der Waals surface area contributed by atoms with E-state index in [1.54, 1.807) is 0 Å². The molecule has 0 amide bonds. The molecule has 2 aliphatic rings. The molecule has 15 heavy (non-hydrogen) atoms. The lowest BCUT2D eigenvalue weighted by Crippen LogP contribution is -2.04. The summed E-state index contributed by atoms with van der Waals surface area (Å²) >= 11 is 1.85. The average Bonchev–Trinajstić information content (AvgIpc) is 2.87. The van der Waals surface area contributed by atoms with Gasteiger partial charge in [-0.3, -0.25) is 0 Å². The molecule has 1 fully saturated rings. The Bertz CT molecular complexity index is 409. The van der Waals surface area contributed by atoms with Crippen molar-refractivity contribution in [2.75, 3.05) is 19.2 Å². The van der Waals surface area contributed by atoms with Gasteiger partial charge in [-0.25, -0.2) is 0 Å². The van der Waals surface area contributed by atoms with Crippen molar-refractivity contribution in [3.8, 4) is 11.5 Å². The van der Waals surface area contributed by atoms with E-state index in [-0.39, 0.29) is 0 Å². The van der Waals surface area contributed by atoms with Gasteiger partial charge in [0.1, 0.15) is 0 Å². The molecule has 0 bridgehead atoms. The number of benzene rings is 1. The first-order valence-corrected chi connectivity index (χ1v) is 5.84. The third kappa shape index (κ3) is 1.82. The molecule has 0 unspecified atom stereocenters. The van der Waals surface area contributed by atoms with E-state index in [2.05, 4.69) is 17.5 Å². The largest absolute Gasteiger partial charge is 0.454 e. The van der Waals surface area contributed by atoms with Gasteiger partial charge in [-0.1, -0.05) is 6.07 Å². The van der Waals surface area contributed by atoms with Crippen LogP contribution in [0, 0.1) is 0 Å². The summed E-state index contributed by atoms with van der Waals surface area (Å²) in [7, 11) is 0. The smallest absolute Gasteiger partial charge is 0.231 e. The number of hydrogen-bond donors (Lipinski definition) is 1. The van der Waals surface area contributed by atoms with Crippen molar-refractivity contribution in [3.63, 3.8) is 0 Å². The number of rotatable bonds is 1. The van der Waals surface area contributed by atoms with E-state index >= 15 is 0 Å². The molecule has 3 rings (SSSR count). The quantitative estimate of drug-likeness (QED) is 0.786. The second-order valence-corrected chi connectivity index (χ2v) is 4.54. The molecule has 0 aliphatic carbocycles. The van der Waals surface area contributed by atoms with Crippen molar-refractivity contribution in [2.24, 2.45) is 0 Å². The van der Waals surface area contributed by atoms with Crippen LogP contribution >= 0.6 is 11.8 Å². The highest BCUT2D eigenvalue weighted by Crippen LogP contribution is 2.33. The first kappa shape index (κ1) is 9.12. The van der Waals surface area contributed by atoms with Gasteiger partial charge in [-0.15, -0.1) is 11.8 Å². The SMILES string of the molecule is C(=C1CNCS1)c1ccc2c(c1)OCO2. The normalized spacial score (nSPS) is 21.2. The monoisotopic (exact) mass is 221 g/mol. The maximum Gasteiger partial charge on any atom is 0.231 e. The molecular weight excluding hydrogens is 210 g/mol. The summed E-state index contributed by atoms with van der Waals surface area (Å²) in [5, 5.41) is 3.28. The molecule has 78 valence electrons. The van der Waals surface area contributed by atoms with E-state index < -0.39 is 0 Å². The Morgan fingerprint density at radius 2 is 2.20 bits per heavy atom. The molecule has 0 spiro atoms. The molecule has 0 atom stereocenters. The van der Waals surface area contributed by atoms with Gasteiger partial charge >= 0.3 is 0 Å². The number of ether oxygens (including phenoxy) is 2. The van der Waals surface area contributed by atoms with Crippen LogP contribution in [-0.4, -0.2) is 19.2 Å². The Hall–Kier alpha value is -1.13. The van der Waals surface area contributed by atoms with E-state index in [4.69, 9.17) is 9.47 Å². The Morgan fingerprint density at radius 3 is 3.07 bits per heavy atom. The van der Waals surface area contributed by atoms with E-state index in [0.29, 0.717) is 6.79 Å². The summed E-state index contributed by atoms with van der Waals surface area (Å²) in [6.07, 6.45) is 2.19. The maximum absolute atomic E-state index is 5.33. The summed E-state index contributed by atoms with van der Waals surface area (Å²) in [4.78, 5) is 1.37. The highest BCUT2D eigenvalue weighted by Gasteiger charge is 2.13. The van der Waals surface area contributed by atoms with Crippen LogP contribution < -0.4 is 14.8 Å². The summed E-state index contributed by atoms with van der Waals surface area (Å²) in [5.74, 6) is 2.70. The third-order valence-electron chi connectivity index (χ3n) is 2.38.